The number of rotatable bonds is 36. The SMILES string of the molecule is CC(O)C(=O)OC12CC3(O)CC(O)(C1)CC(OC(=O)C(C)O)(C3)C2.CC(O)C(=O)OC12CC3(O)CC(OC(=O)C(C)O)(C1)CC(OC(=O)C(C)O)(C3)C2.CC(O)C(=O)OC12CC3CC(C1)CC(OC(=O)C(C)O)(C3)C2.CC(O)C(=O)OCC1OC(COCC2OC(COC(=O)C(C)O)C(OC(=O)C(C)O)C(OC(=O)C(C)O)C2OC(=O)C(C)O)C(OC(=O)C(C)O)C(OC(=O)C(C)O)C1OC(=O)C(C)O. The van der Waals surface area contributed by atoms with E-state index in [1.165, 1.54) is 48.5 Å². The van der Waals surface area contributed by atoms with Crippen LogP contribution in [0, 0.1) is 11.8 Å². The van der Waals surface area contributed by atoms with Crippen LogP contribution in [-0.4, -0.2) is 416 Å². The molecule has 2 aliphatic heterocycles. The fourth-order valence-electron chi connectivity index (χ4n) is 21.2. The zero-order valence-corrected chi connectivity index (χ0v) is 80.2. The van der Waals surface area contributed by atoms with Crippen LogP contribution >= 0.6 is 0 Å². The molecule has 12 saturated carbocycles. The number of hydrogen-bond acceptors (Lipinski definition) is 51. The van der Waals surface area contributed by atoms with Crippen LogP contribution in [0.1, 0.15) is 219 Å². The van der Waals surface area contributed by atoms with E-state index in [1.807, 2.05) is 0 Å². The second kappa shape index (κ2) is 46.1. The number of carbonyl (C=O) groups is 15. The van der Waals surface area contributed by atoms with Crippen LogP contribution in [0.3, 0.4) is 0 Å². The van der Waals surface area contributed by atoms with Gasteiger partial charge in [0.15, 0.2) is 36.6 Å². The molecule has 12 bridgehead atoms. The van der Waals surface area contributed by atoms with Gasteiger partial charge in [0.05, 0.1) is 30.0 Å². The van der Waals surface area contributed by atoms with Crippen molar-refractivity contribution in [1.82, 2.24) is 0 Å². The first-order chi connectivity index (χ1) is 64.5. The molecule has 14 rings (SSSR count). The average molecular weight is 2020 g/mol. The first-order valence-corrected chi connectivity index (χ1v) is 46.0. The molecule has 2 saturated heterocycles. The molecule has 140 heavy (non-hydrogen) atoms. The third-order valence-corrected chi connectivity index (χ3v) is 25.4. The van der Waals surface area contributed by atoms with Gasteiger partial charge in [0.25, 0.3) is 0 Å². The maximum Gasteiger partial charge on any atom is 0.335 e. The molecule has 0 aromatic heterocycles. The van der Waals surface area contributed by atoms with E-state index in [-0.39, 0.29) is 77.0 Å². The van der Waals surface area contributed by atoms with Gasteiger partial charge in [-0.25, -0.2) is 71.9 Å². The Labute approximate surface area is 802 Å². The molecule has 14 aliphatic rings. The summed E-state index contributed by atoms with van der Waals surface area (Å²) in [4.78, 5) is 186. The topological polar surface area (TPSA) is 786 Å². The molecule has 0 spiro atoms. The Morgan fingerprint density at radius 2 is 0.386 bits per heavy atom. The molecular formula is C89H134O51. The molecule has 0 aromatic rings. The van der Waals surface area contributed by atoms with E-state index < -0.39 is 325 Å². The molecule has 14 fully saturated rings. The minimum Gasteiger partial charge on any atom is -0.461 e. The Morgan fingerprint density at radius 1 is 0.221 bits per heavy atom. The second-order valence-electron chi connectivity index (χ2n) is 39.8. The van der Waals surface area contributed by atoms with Gasteiger partial charge < -0.3 is 177 Å². The van der Waals surface area contributed by atoms with Gasteiger partial charge in [-0.1, -0.05) is 0 Å². The number of ether oxygens (including phenoxy) is 18. The summed E-state index contributed by atoms with van der Waals surface area (Å²) in [5, 5.41) is 179. The number of hydrogen-bond donors (Lipinski definition) is 18. The summed E-state index contributed by atoms with van der Waals surface area (Å²) in [7, 11) is 0. The van der Waals surface area contributed by atoms with Crippen LogP contribution in [0.4, 0.5) is 0 Å². The Balaban J connectivity index is 0.000000259. The molecule has 796 valence electrons. The standard InChI is InChI=1S/C38H58O27.C19H28O10.C16H24O8.C16H24O6/c1-13(39)31(47)56-11-23-27(62-35(51)17(5)43)29(64-37(53)19(7)45)25(60-33(49)15(3)41)21(58-23)9-55-10-22-26(61-34(50)16(4)42)30(65-38(54)20(8)46)28(63-36(52)18(6)44)24(59-22)12-57-32(48)14(2)40;1-10(20)13(23)27-17-4-16(26)5-18(7-17,28-14(24)11(2)21)9-19(6-16,8-17)29-15(25)12(3)22;1-9(17)11(19)23-15-4-13(21)3-14(22,5-15)7-16(6-13,8-15)24-12(20)10(2)18;1-9(17)13(19)21-15-4-11-3-12(5-15)7-16(6-11,8-15)22-14(20)10(2)18/h13-30,39-46H,9-12H2,1-8H3;10-12,20-22,26H,4-9H2,1-3H3;9-10,17-18,21-22H,3-8H2,1-2H3;9-12,17-18H,3-8H2,1-2H3. The van der Waals surface area contributed by atoms with Crippen molar-refractivity contribution in [1.29, 1.82) is 0 Å². The lowest BCUT2D eigenvalue weighted by Gasteiger charge is -2.66. The molecule has 2 heterocycles. The van der Waals surface area contributed by atoms with Gasteiger partial charge in [0, 0.05) is 83.5 Å². The first kappa shape index (κ1) is 116. The minimum atomic E-state index is -2.03. The van der Waals surface area contributed by atoms with E-state index in [4.69, 9.17) is 85.3 Å². The number of aliphatic hydroxyl groups excluding tert-OH is 15. The number of carbonyl (C=O) groups excluding carboxylic acids is 15. The quantitative estimate of drug-likeness (QED) is 0.0205. The van der Waals surface area contributed by atoms with Crippen LogP contribution in [0.25, 0.3) is 0 Å². The van der Waals surface area contributed by atoms with Gasteiger partial charge in [-0.2, -0.15) is 0 Å². The highest BCUT2D eigenvalue weighted by atomic mass is 16.7. The predicted molar refractivity (Wildman–Crippen MR) is 451 cm³/mol. The van der Waals surface area contributed by atoms with E-state index in [9.17, 15) is 164 Å². The lowest BCUT2D eigenvalue weighted by atomic mass is 9.48. The van der Waals surface area contributed by atoms with E-state index in [1.54, 1.807) is 0 Å². The van der Waals surface area contributed by atoms with Gasteiger partial charge >= 0.3 is 89.5 Å². The van der Waals surface area contributed by atoms with Crippen molar-refractivity contribution < 1.29 is 249 Å². The largest absolute Gasteiger partial charge is 0.461 e. The average Bonchev–Trinajstić information content (AvgIpc) is 0.689. The zero-order chi connectivity index (χ0) is 106. The maximum absolute atomic E-state index is 12.9. The van der Waals surface area contributed by atoms with Crippen molar-refractivity contribution in [3.8, 4) is 0 Å². The van der Waals surface area contributed by atoms with Crippen molar-refractivity contribution >= 4 is 89.5 Å². The monoisotopic (exact) mass is 2020 g/mol. The Kier molecular flexibility index (Phi) is 38.3. The molecule has 25 unspecified atom stereocenters. The summed E-state index contributed by atoms with van der Waals surface area (Å²) in [5.74, 6) is -15.7. The van der Waals surface area contributed by atoms with Gasteiger partial charge in [-0.15, -0.1) is 0 Å². The molecule has 0 aromatic carbocycles. The summed E-state index contributed by atoms with van der Waals surface area (Å²) in [6, 6.07) is 0. The third-order valence-electron chi connectivity index (χ3n) is 25.4. The van der Waals surface area contributed by atoms with Crippen LogP contribution < -0.4 is 0 Å². The first-order valence-electron chi connectivity index (χ1n) is 46.0. The Morgan fingerprint density at radius 3 is 0.586 bits per heavy atom. The molecule has 0 amide bonds. The molecule has 51 heteroatoms. The van der Waals surface area contributed by atoms with Gasteiger partial charge in [0.1, 0.15) is 168 Å². The van der Waals surface area contributed by atoms with Crippen molar-refractivity contribution in [3.05, 3.63) is 0 Å². The third kappa shape index (κ3) is 29.5. The summed E-state index contributed by atoms with van der Waals surface area (Å²) >= 11 is 0. The highest BCUT2D eigenvalue weighted by molar-refractivity contribution is 5.81. The van der Waals surface area contributed by atoms with Crippen LogP contribution in [0.15, 0.2) is 0 Å². The van der Waals surface area contributed by atoms with E-state index in [2.05, 4.69) is 0 Å². The summed E-state index contributed by atoms with van der Waals surface area (Å²) in [5.41, 5.74) is -11.8. The summed E-state index contributed by atoms with van der Waals surface area (Å²) in [6.45, 7) is 13.5. The van der Waals surface area contributed by atoms with Crippen molar-refractivity contribution in [2.24, 2.45) is 11.8 Å². The van der Waals surface area contributed by atoms with Gasteiger partial charge in [0.2, 0.25) is 0 Å². The van der Waals surface area contributed by atoms with Crippen LogP contribution in [0.2, 0.25) is 0 Å². The smallest absolute Gasteiger partial charge is 0.335 e. The van der Waals surface area contributed by atoms with E-state index >= 15 is 0 Å². The Hall–Kier alpha value is -8.79. The highest BCUT2D eigenvalue weighted by Crippen LogP contribution is 2.67. The normalized spacial score (nSPS) is 36.3. The highest BCUT2D eigenvalue weighted by Gasteiger charge is 2.75. The number of esters is 15. The molecule has 25 atom stereocenters. The fraction of sp³-hybridized carbons (Fsp3) is 0.831. The molecule has 0 radical (unpaired) electrons. The van der Waals surface area contributed by atoms with Crippen molar-refractivity contribution in [3.63, 3.8) is 0 Å². The van der Waals surface area contributed by atoms with Gasteiger partial charge in [-0.05, 0) is 148 Å². The maximum atomic E-state index is 12.9. The summed E-state index contributed by atoms with van der Waals surface area (Å²) in [6.07, 6.45) is -37.2. The van der Waals surface area contributed by atoms with Crippen molar-refractivity contribution in [2.75, 3.05) is 26.4 Å². The molecule has 18 N–H and O–H groups in total. The molecular weight excluding hydrogens is 1880 g/mol. The lowest BCUT2D eigenvalue weighted by molar-refractivity contribution is -0.310. The Bertz CT molecular complexity index is 4070. The van der Waals surface area contributed by atoms with E-state index in [0.29, 0.717) is 18.3 Å². The summed E-state index contributed by atoms with van der Waals surface area (Å²) < 4.78 is 99.2. The second-order valence-corrected chi connectivity index (χ2v) is 39.8. The molecule has 51 nitrogen and oxygen atoms in total. The van der Waals surface area contributed by atoms with Crippen molar-refractivity contribution in [2.45, 2.75) is 428 Å². The predicted octanol–water partition coefficient (Wildman–Crippen LogP) is -6.69. The van der Waals surface area contributed by atoms with Gasteiger partial charge in [-0.3, -0.25) is 0 Å². The number of aliphatic hydroxyl groups is 18. The van der Waals surface area contributed by atoms with Crippen LogP contribution in [-0.2, 0) is 157 Å². The lowest BCUT2D eigenvalue weighted by Crippen LogP contribution is -2.74. The van der Waals surface area contributed by atoms with Crippen LogP contribution in [0.5, 0.6) is 0 Å². The zero-order valence-electron chi connectivity index (χ0n) is 80.2. The fourth-order valence-corrected chi connectivity index (χ4v) is 21.2. The molecule has 12 aliphatic carbocycles. The van der Waals surface area contributed by atoms with E-state index in [0.717, 1.165) is 87.5 Å². The minimum absolute atomic E-state index is 0.0282.